The normalized spacial score (nSPS) is 11.5. The number of hydrogen-bond acceptors (Lipinski definition) is 1. The van der Waals surface area contributed by atoms with Gasteiger partial charge in [-0.15, -0.1) is 11.6 Å². The molecule has 2 aromatic rings. The average molecular weight is 380 g/mol. The van der Waals surface area contributed by atoms with Crippen LogP contribution in [-0.2, 0) is 18.7 Å². The van der Waals surface area contributed by atoms with Crippen LogP contribution in [-0.4, -0.2) is 0 Å². The highest BCUT2D eigenvalue weighted by Gasteiger charge is 2.34. The Morgan fingerprint density at radius 3 is 2.43 bits per heavy atom. The second-order valence-electron chi connectivity index (χ2n) is 4.38. The predicted octanol–water partition coefficient (Wildman–Crippen LogP) is 5.79. The Morgan fingerprint density at radius 1 is 1.05 bits per heavy atom. The lowest BCUT2D eigenvalue weighted by atomic mass is 10.1. The fourth-order valence-electron chi connectivity index (χ4n) is 1.80. The lowest BCUT2D eigenvalue weighted by molar-refractivity contribution is -0.139. The minimum Gasteiger partial charge on any atom is -0.488 e. The van der Waals surface area contributed by atoms with E-state index in [1.807, 2.05) is 6.07 Å². The summed E-state index contributed by atoms with van der Waals surface area (Å²) in [4.78, 5) is 0. The molecule has 0 fully saturated rings. The van der Waals surface area contributed by atoms with Gasteiger partial charge in [-0.1, -0.05) is 34.1 Å². The molecule has 0 unspecified atom stereocenters. The Morgan fingerprint density at radius 2 is 1.81 bits per heavy atom. The van der Waals surface area contributed by atoms with Crippen LogP contribution in [0.3, 0.4) is 0 Å². The standard InChI is InChI=1S/C15H11BrClF3O/c16-12-3-1-2-11(6-12)9-21-14-5-4-10(8-17)7-13(14)15(18,19)20/h1-7H,8-9H2. The van der Waals surface area contributed by atoms with Crippen LogP contribution < -0.4 is 4.74 Å². The van der Waals surface area contributed by atoms with Gasteiger partial charge in [0.15, 0.2) is 0 Å². The zero-order valence-electron chi connectivity index (χ0n) is 10.8. The molecule has 0 aliphatic carbocycles. The summed E-state index contributed by atoms with van der Waals surface area (Å²) in [5, 5.41) is 0. The van der Waals surface area contributed by atoms with E-state index in [-0.39, 0.29) is 18.2 Å². The minimum atomic E-state index is -4.48. The van der Waals surface area contributed by atoms with Crippen LogP contribution in [0.2, 0.25) is 0 Å². The second-order valence-corrected chi connectivity index (χ2v) is 5.56. The van der Waals surface area contributed by atoms with Gasteiger partial charge in [0.25, 0.3) is 0 Å². The highest BCUT2D eigenvalue weighted by molar-refractivity contribution is 9.10. The maximum atomic E-state index is 13.0. The highest BCUT2D eigenvalue weighted by atomic mass is 79.9. The number of halogens is 5. The lowest BCUT2D eigenvalue weighted by Crippen LogP contribution is -2.09. The first-order valence-electron chi connectivity index (χ1n) is 6.03. The van der Waals surface area contributed by atoms with Crippen molar-refractivity contribution in [1.29, 1.82) is 0 Å². The third kappa shape index (κ3) is 4.38. The smallest absolute Gasteiger partial charge is 0.419 e. The van der Waals surface area contributed by atoms with Gasteiger partial charge in [-0.05, 0) is 35.4 Å². The monoisotopic (exact) mass is 378 g/mol. The van der Waals surface area contributed by atoms with Crippen molar-refractivity contribution in [3.8, 4) is 5.75 Å². The van der Waals surface area contributed by atoms with Gasteiger partial charge in [-0.3, -0.25) is 0 Å². The summed E-state index contributed by atoms with van der Waals surface area (Å²) < 4.78 is 45.2. The Kier molecular flexibility index (Phi) is 5.17. The van der Waals surface area contributed by atoms with Crippen LogP contribution >= 0.6 is 27.5 Å². The molecule has 0 amide bonds. The molecule has 0 saturated heterocycles. The van der Waals surface area contributed by atoms with Crippen LogP contribution in [0, 0.1) is 0 Å². The first-order valence-corrected chi connectivity index (χ1v) is 7.36. The third-order valence-corrected chi connectivity index (χ3v) is 3.59. The van der Waals surface area contributed by atoms with E-state index in [4.69, 9.17) is 16.3 Å². The molecular weight excluding hydrogens is 369 g/mol. The van der Waals surface area contributed by atoms with Crippen molar-refractivity contribution in [2.45, 2.75) is 18.7 Å². The summed E-state index contributed by atoms with van der Waals surface area (Å²) in [6.07, 6.45) is -4.48. The molecule has 0 aliphatic heterocycles. The van der Waals surface area contributed by atoms with E-state index in [9.17, 15) is 13.2 Å². The first-order chi connectivity index (χ1) is 9.90. The number of hydrogen-bond donors (Lipinski definition) is 0. The van der Waals surface area contributed by atoms with E-state index in [1.54, 1.807) is 18.2 Å². The molecule has 0 bridgehead atoms. The zero-order chi connectivity index (χ0) is 15.5. The molecule has 0 saturated carbocycles. The summed E-state index contributed by atoms with van der Waals surface area (Å²) in [6.45, 7) is 0.0583. The molecule has 0 atom stereocenters. The average Bonchev–Trinajstić information content (AvgIpc) is 2.44. The van der Waals surface area contributed by atoms with Crippen molar-refractivity contribution in [1.82, 2.24) is 0 Å². The molecule has 0 aromatic heterocycles. The Labute approximate surface area is 133 Å². The Bertz CT molecular complexity index is 629. The molecule has 0 radical (unpaired) electrons. The summed E-state index contributed by atoms with van der Waals surface area (Å²) in [5.74, 6) is -0.175. The maximum absolute atomic E-state index is 13.0. The van der Waals surface area contributed by atoms with Gasteiger partial charge in [0.05, 0.1) is 5.56 Å². The van der Waals surface area contributed by atoms with E-state index < -0.39 is 11.7 Å². The van der Waals surface area contributed by atoms with Crippen LogP contribution in [0.25, 0.3) is 0 Å². The summed E-state index contributed by atoms with van der Waals surface area (Å²) in [5.41, 5.74) is 0.369. The molecule has 2 aromatic carbocycles. The fraction of sp³-hybridized carbons (Fsp3) is 0.200. The second kappa shape index (κ2) is 6.71. The third-order valence-electron chi connectivity index (χ3n) is 2.79. The molecule has 6 heteroatoms. The van der Waals surface area contributed by atoms with Crippen molar-refractivity contribution in [3.63, 3.8) is 0 Å². The SMILES string of the molecule is FC(F)(F)c1cc(CCl)ccc1OCc1cccc(Br)c1. The minimum absolute atomic E-state index is 0.0228. The predicted molar refractivity (Wildman–Crippen MR) is 79.5 cm³/mol. The Hall–Kier alpha value is -1.20. The topological polar surface area (TPSA) is 9.23 Å². The summed E-state index contributed by atoms with van der Waals surface area (Å²) >= 11 is 8.88. The molecule has 21 heavy (non-hydrogen) atoms. The first kappa shape index (κ1) is 16.2. The largest absolute Gasteiger partial charge is 0.488 e. The highest BCUT2D eigenvalue weighted by Crippen LogP contribution is 2.37. The van der Waals surface area contributed by atoms with Crippen molar-refractivity contribution in [2.75, 3.05) is 0 Å². The van der Waals surface area contributed by atoms with E-state index in [0.29, 0.717) is 5.56 Å². The van der Waals surface area contributed by atoms with Gasteiger partial charge in [0.2, 0.25) is 0 Å². The molecule has 112 valence electrons. The lowest BCUT2D eigenvalue weighted by Gasteiger charge is -2.15. The number of ether oxygens (including phenoxy) is 1. The van der Waals surface area contributed by atoms with Gasteiger partial charge < -0.3 is 4.74 Å². The van der Waals surface area contributed by atoms with Crippen molar-refractivity contribution in [3.05, 3.63) is 63.6 Å². The summed E-state index contributed by atoms with van der Waals surface area (Å²) in [7, 11) is 0. The molecule has 0 aliphatic rings. The molecule has 0 heterocycles. The molecular formula is C15H11BrClF3O. The van der Waals surface area contributed by atoms with Gasteiger partial charge in [0.1, 0.15) is 12.4 Å². The molecule has 0 spiro atoms. The number of rotatable bonds is 4. The van der Waals surface area contributed by atoms with Gasteiger partial charge in [-0.2, -0.15) is 13.2 Å². The van der Waals surface area contributed by atoms with Crippen molar-refractivity contribution in [2.24, 2.45) is 0 Å². The number of benzene rings is 2. The van der Waals surface area contributed by atoms with E-state index in [0.717, 1.165) is 16.1 Å². The van der Waals surface area contributed by atoms with Crippen molar-refractivity contribution >= 4 is 27.5 Å². The van der Waals surface area contributed by atoms with E-state index >= 15 is 0 Å². The van der Waals surface area contributed by atoms with Crippen molar-refractivity contribution < 1.29 is 17.9 Å². The molecule has 1 nitrogen and oxygen atoms in total. The van der Waals surface area contributed by atoms with E-state index in [2.05, 4.69) is 15.9 Å². The summed E-state index contributed by atoms with van der Waals surface area (Å²) in [6, 6.07) is 11.1. The van der Waals surface area contributed by atoms with E-state index in [1.165, 1.54) is 12.1 Å². The quantitative estimate of drug-likeness (QED) is 0.611. The Balaban J connectivity index is 2.23. The van der Waals surface area contributed by atoms with Crippen LogP contribution in [0.15, 0.2) is 46.9 Å². The van der Waals surface area contributed by atoms with Crippen LogP contribution in [0.1, 0.15) is 16.7 Å². The van der Waals surface area contributed by atoms with Gasteiger partial charge >= 0.3 is 6.18 Å². The van der Waals surface area contributed by atoms with Gasteiger partial charge in [-0.25, -0.2) is 0 Å². The van der Waals surface area contributed by atoms with Gasteiger partial charge in [0, 0.05) is 10.4 Å². The maximum Gasteiger partial charge on any atom is 0.419 e. The molecule has 2 rings (SSSR count). The van der Waals surface area contributed by atoms with Crippen LogP contribution in [0.4, 0.5) is 13.2 Å². The zero-order valence-corrected chi connectivity index (χ0v) is 13.1. The molecule has 0 N–H and O–H groups in total. The number of alkyl halides is 4. The van der Waals surface area contributed by atoms with Crippen LogP contribution in [0.5, 0.6) is 5.75 Å². The fourth-order valence-corrected chi connectivity index (χ4v) is 2.41.